The second-order valence-electron chi connectivity index (χ2n) is 3.71. The van der Waals surface area contributed by atoms with E-state index in [2.05, 4.69) is 0 Å². The zero-order chi connectivity index (χ0) is 13.0. The van der Waals surface area contributed by atoms with E-state index in [0.29, 0.717) is 0 Å². The summed E-state index contributed by atoms with van der Waals surface area (Å²) < 4.78 is 18.2. The molecule has 4 nitrogen and oxygen atoms in total. The van der Waals surface area contributed by atoms with E-state index in [0.717, 1.165) is 12.1 Å². The van der Waals surface area contributed by atoms with Crippen molar-refractivity contribution in [3.05, 3.63) is 29.6 Å². The predicted octanol–water partition coefficient (Wildman–Crippen LogP) is 2.12. The van der Waals surface area contributed by atoms with Gasteiger partial charge < -0.3 is 14.9 Å². The Morgan fingerprint density at radius 1 is 1.53 bits per heavy atom. The van der Waals surface area contributed by atoms with E-state index >= 15 is 0 Å². The van der Waals surface area contributed by atoms with Gasteiger partial charge in [-0.15, -0.1) is 0 Å². The fourth-order valence-corrected chi connectivity index (χ4v) is 1.41. The van der Waals surface area contributed by atoms with Gasteiger partial charge in [-0.1, -0.05) is 6.92 Å². The third-order valence-electron chi connectivity index (χ3n) is 2.34. The van der Waals surface area contributed by atoms with Gasteiger partial charge in [-0.05, 0) is 31.5 Å². The predicted molar refractivity (Wildman–Crippen MR) is 59.4 cm³/mol. The zero-order valence-electron chi connectivity index (χ0n) is 9.68. The molecule has 17 heavy (non-hydrogen) atoms. The van der Waals surface area contributed by atoms with Crippen molar-refractivity contribution in [3.8, 4) is 5.75 Å². The number of benzene rings is 1. The maximum atomic E-state index is 13.0. The minimum Gasteiger partial charge on any atom is -0.479 e. The van der Waals surface area contributed by atoms with Crippen molar-refractivity contribution in [2.45, 2.75) is 32.5 Å². The SMILES string of the molecule is CCC(Oc1ccc(F)cc1C(C)O)C(=O)O. The van der Waals surface area contributed by atoms with Crippen molar-refractivity contribution in [1.82, 2.24) is 0 Å². The highest BCUT2D eigenvalue weighted by Gasteiger charge is 2.20. The van der Waals surface area contributed by atoms with Gasteiger partial charge in [-0.3, -0.25) is 0 Å². The van der Waals surface area contributed by atoms with E-state index in [-0.39, 0.29) is 17.7 Å². The van der Waals surface area contributed by atoms with Gasteiger partial charge in [0.1, 0.15) is 11.6 Å². The number of rotatable bonds is 5. The topological polar surface area (TPSA) is 66.8 Å². The molecule has 0 aliphatic rings. The molecule has 0 aliphatic carbocycles. The van der Waals surface area contributed by atoms with Crippen LogP contribution in [0, 0.1) is 5.82 Å². The molecule has 2 N–H and O–H groups in total. The van der Waals surface area contributed by atoms with Gasteiger partial charge in [0.05, 0.1) is 6.10 Å². The maximum Gasteiger partial charge on any atom is 0.344 e. The van der Waals surface area contributed by atoms with Crippen LogP contribution in [-0.2, 0) is 4.79 Å². The van der Waals surface area contributed by atoms with Crippen LogP contribution in [-0.4, -0.2) is 22.3 Å². The second-order valence-corrected chi connectivity index (χ2v) is 3.71. The van der Waals surface area contributed by atoms with Gasteiger partial charge in [0.25, 0.3) is 0 Å². The van der Waals surface area contributed by atoms with Crippen molar-refractivity contribution in [2.75, 3.05) is 0 Å². The first kappa shape index (κ1) is 13.4. The average Bonchev–Trinajstić information content (AvgIpc) is 2.26. The molecule has 0 aromatic heterocycles. The Morgan fingerprint density at radius 3 is 2.65 bits per heavy atom. The summed E-state index contributed by atoms with van der Waals surface area (Å²) in [5.74, 6) is -1.40. The van der Waals surface area contributed by atoms with Crippen molar-refractivity contribution in [3.63, 3.8) is 0 Å². The van der Waals surface area contributed by atoms with Gasteiger partial charge in [-0.25, -0.2) is 9.18 Å². The van der Waals surface area contributed by atoms with Crippen LogP contribution in [0.1, 0.15) is 31.9 Å². The lowest BCUT2D eigenvalue weighted by Crippen LogP contribution is -2.26. The van der Waals surface area contributed by atoms with E-state index in [4.69, 9.17) is 9.84 Å². The molecular formula is C12H15FO4. The van der Waals surface area contributed by atoms with Crippen molar-refractivity contribution in [1.29, 1.82) is 0 Å². The molecule has 0 radical (unpaired) electrons. The van der Waals surface area contributed by atoms with Gasteiger partial charge in [0, 0.05) is 5.56 Å². The molecule has 0 fully saturated rings. The Labute approximate surface area is 98.7 Å². The van der Waals surface area contributed by atoms with Crippen LogP contribution in [0.15, 0.2) is 18.2 Å². The average molecular weight is 242 g/mol. The first-order chi connectivity index (χ1) is 7.95. The van der Waals surface area contributed by atoms with Crippen molar-refractivity contribution < 1.29 is 24.1 Å². The van der Waals surface area contributed by atoms with Crippen molar-refractivity contribution >= 4 is 5.97 Å². The minimum absolute atomic E-state index is 0.190. The quantitative estimate of drug-likeness (QED) is 0.830. The number of aliphatic hydroxyl groups excluding tert-OH is 1. The molecule has 0 aliphatic heterocycles. The molecule has 1 rings (SSSR count). The number of aliphatic hydroxyl groups is 1. The Balaban J connectivity index is 3.01. The molecule has 1 aromatic carbocycles. The lowest BCUT2D eigenvalue weighted by Gasteiger charge is -2.17. The monoisotopic (exact) mass is 242 g/mol. The summed E-state index contributed by atoms with van der Waals surface area (Å²) in [7, 11) is 0. The normalized spacial score (nSPS) is 14.1. The Morgan fingerprint density at radius 2 is 2.18 bits per heavy atom. The van der Waals surface area contributed by atoms with Gasteiger partial charge in [-0.2, -0.15) is 0 Å². The van der Waals surface area contributed by atoms with Crippen LogP contribution < -0.4 is 4.74 Å². The summed E-state index contributed by atoms with van der Waals surface area (Å²) >= 11 is 0. The second kappa shape index (κ2) is 5.63. The molecule has 2 unspecified atom stereocenters. The summed E-state index contributed by atoms with van der Waals surface area (Å²) in [5.41, 5.74) is 0.240. The third kappa shape index (κ3) is 3.42. The van der Waals surface area contributed by atoms with Crippen LogP contribution in [0.5, 0.6) is 5.75 Å². The number of carboxylic acids is 1. The first-order valence-electron chi connectivity index (χ1n) is 5.32. The minimum atomic E-state index is -1.09. The Kier molecular flexibility index (Phi) is 4.45. The molecule has 0 spiro atoms. The summed E-state index contributed by atoms with van der Waals surface area (Å²) in [6.07, 6.45) is -1.64. The third-order valence-corrected chi connectivity index (χ3v) is 2.34. The van der Waals surface area contributed by atoms with E-state index < -0.39 is 24.0 Å². The Hall–Kier alpha value is -1.62. The van der Waals surface area contributed by atoms with Gasteiger partial charge in [0.2, 0.25) is 0 Å². The number of carboxylic acid groups (broad SMARTS) is 1. The van der Waals surface area contributed by atoms with E-state index in [9.17, 15) is 14.3 Å². The maximum absolute atomic E-state index is 13.0. The summed E-state index contributed by atoms with van der Waals surface area (Å²) in [6, 6.07) is 3.62. The summed E-state index contributed by atoms with van der Waals surface area (Å²) in [4.78, 5) is 10.8. The van der Waals surface area contributed by atoms with E-state index in [1.807, 2.05) is 0 Å². The zero-order valence-corrected chi connectivity index (χ0v) is 9.68. The number of halogens is 1. The summed E-state index contributed by atoms with van der Waals surface area (Å²) in [5, 5.41) is 18.3. The highest BCUT2D eigenvalue weighted by Crippen LogP contribution is 2.27. The van der Waals surface area contributed by atoms with E-state index in [1.165, 1.54) is 13.0 Å². The number of hydrogen-bond donors (Lipinski definition) is 2. The molecule has 5 heteroatoms. The molecule has 0 saturated heterocycles. The highest BCUT2D eigenvalue weighted by molar-refractivity contribution is 5.72. The molecule has 2 atom stereocenters. The molecule has 0 bridgehead atoms. The van der Waals surface area contributed by atoms with Crippen LogP contribution in [0.4, 0.5) is 4.39 Å². The number of carbonyl (C=O) groups is 1. The molecule has 0 heterocycles. The fourth-order valence-electron chi connectivity index (χ4n) is 1.41. The largest absolute Gasteiger partial charge is 0.479 e. The lowest BCUT2D eigenvalue weighted by atomic mass is 10.1. The molecule has 0 saturated carbocycles. The molecular weight excluding hydrogens is 227 g/mol. The molecule has 94 valence electrons. The lowest BCUT2D eigenvalue weighted by molar-refractivity contribution is -0.145. The van der Waals surface area contributed by atoms with Crippen LogP contribution in [0.2, 0.25) is 0 Å². The van der Waals surface area contributed by atoms with Crippen molar-refractivity contribution in [2.24, 2.45) is 0 Å². The van der Waals surface area contributed by atoms with Gasteiger partial charge >= 0.3 is 5.97 Å². The number of ether oxygens (including phenoxy) is 1. The van der Waals surface area contributed by atoms with Crippen LogP contribution >= 0.6 is 0 Å². The van der Waals surface area contributed by atoms with Crippen LogP contribution in [0.25, 0.3) is 0 Å². The van der Waals surface area contributed by atoms with Gasteiger partial charge in [0.15, 0.2) is 6.10 Å². The Bertz CT molecular complexity index is 403. The number of aliphatic carboxylic acids is 1. The smallest absolute Gasteiger partial charge is 0.344 e. The molecule has 1 aromatic rings. The first-order valence-corrected chi connectivity index (χ1v) is 5.32. The van der Waals surface area contributed by atoms with Crippen LogP contribution in [0.3, 0.4) is 0 Å². The fraction of sp³-hybridized carbons (Fsp3) is 0.417. The van der Waals surface area contributed by atoms with E-state index in [1.54, 1.807) is 6.92 Å². The summed E-state index contributed by atoms with van der Waals surface area (Å²) in [6.45, 7) is 3.13. The highest BCUT2D eigenvalue weighted by atomic mass is 19.1. The standard InChI is InChI=1S/C12H15FO4/c1-3-10(12(15)16)17-11-5-4-8(13)6-9(11)7(2)14/h4-7,10,14H,3H2,1-2H3,(H,15,16). The molecule has 0 amide bonds. The number of hydrogen-bond acceptors (Lipinski definition) is 3.